The highest BCUT2D eigenvalue weighted by Gasteiger charge is 2.33. The first-order chi connectivity index (χ1) is 8.49. The molecule has 0 aromatic heterocycles. The summed E-state index contributed by atoms with van der Waals surface area (Å²) in [5, 5.41) is 9.27. The molecule has 0 aliphatic rings. The summed E-state index contributed by atoms with van der Waals surface area (Å²) in [4.78, 5) is 0. The lowest BCUT2D eigenvalue weighted by Crippen LogP contribution is -2.42. The molecule has 0 saturated heterocycles. The summed E-state index contributed by atoms with van der Waals surface area (Å²) in [6.07, 6.45) is 0.578. The molecular formula is C14H23NO3. The molecule has 0 amide bonds. The minimum Gasteiger partial charge on any atom is -0.497 e. The highest BCUT2D eigenvalue weighted by Crippen LogP contribution is 2.38. The third-order valence-electron chi connectivity index (χ3n) is 3.66. The molecule has 0 spiro atoms. The van der Waals surface area contributed by atoms with Crippen molar-refractivity contribution in [3.8, 4) is 11.5 Å². The van der Waals surface area contributed by atoms with E-state index in [0.29, 0.717) is 6.42 Å². The number of aliphatic hydroxyl groups excluding tert-OH is 1. The zero-order chi connectivity index (χ0) is 13.8. The average molecular weight is 253 g/mol. The van der Waals surface area contributed by atoms with E-state index in [1.54, 1.807) is 14.2 Å². The smallest absolute Gasteiger partial charge is 0.122 e. The average Bonchev–Trinajstić information content (AvgIpc) is 2.37. The number of nitrogens with two attached hydrogens (primary N) is 1. The molecular weight excluding hydrogens is 230 g/mol. The van der Waals surface area contributed by atoms with Crippen LogP contribution in [-0.2, 0) is 5.41 Å². The molecule has 2 atom stereocenters. The first kappa shape index (κ1) is 14.8. The predicted octanol–water partition coefficient (Wildman–Crippen LogP) is 1.69. The Bertz CT molecular complexity index is 393. The van der Waals surface area contributed by atoms with Gasteiger partial charge in [0.05, 0.1) is 14.2 Å². The SMILES string of the molecule is COc1ccc(OC)c(C(C)(CCO)C(C)N)c1. The number of rotatable bonds is 6. The van der Waals surface area contributed by atoms with Crippen molar-refractivity contribution in [1.82, 2.24) is 0 Å². The van der Waals surface area contributed by atoms with E-state index in [2.05, 4.69) is 0 Å². The van der Waals surface area contributed by atoms with Crippen molar-refractivity contribution < 1.29 is 14.6 Å². The van der Waals surface area contributed by atoms with E-state index >= 15 is 0 Å². The van der Waals surface area contributed by atoms with E-state index in [0.717, 1.165) is 17.1 Å². The van der Waals surface area contributed by atoms with Crippen LogP contribution in [0.2, 0.25) is 0 Å². The van der Waals surface area contributed by atoms with Crippen LogP contribution in [0.1, 0.15) is 25.8 Å². The van der Waals surface area contributed by atoms with Crippen LogP contribution in [0.3, 0.4) is 0 Å². The van der Waals surface area contributed by atoms with Crippen LogP contribution >= 0.6 is 0 Å². The number of hydrogen-bond donors (Lipinski definition) is 2. The third-order valence-corrected chi connectivity index (χ3v) is 3.66. The van der Waals surface area contributed by atoms with E-state index in [1.165, 1.54) is 0 Å². The summed E-state index contributed by atoms with van der Waals surface area (Å²) >= 11 is 0. The summed E-state index contributed by atoms with van der Waals surface area (Å²) < 4.78 is 10.6. The molecule has 0 saturated carbocycles. The van der Waals surface area contributed by atoms with Crippen molar-refractivity contribution in [3.63, 3.8) is 0 Å². The zero-order valence-electron chi connectivity index (χ0n) is 11.6. The highest BCUT2D eigenvalue weighted by atomic mass is 16.5. The second-order valence-electron chi connectivity index (χ2n) is 4.75. The molecule has 0 radical (unpaired) electrons. The molecule has 18 heavy (non-hydrogen) atoms. The summed E-state index contributed by atoms with van der Waals surface area (Å²) in [5.74, 6) is 1.53. The second kappa shape index (κ2) is 6.07. The fourth-order valence-electron chi connectivity index (χ4n) is 2.10. The van der Waals surface area contributed by atoms with E-state index in [1.807, 2.05) is 32.0 Å². The predicted molar refractivity (Wildman–Crippen MR) is 72.3 cm³/mol. The maximum absolute atomic E-state index is 9.27. The monoisotopic (exact) mass is 253 g/mol. The Hall–Kier alpha value is -1.26. The number of hydrogen-bond acceptors (Lipinski definition) is 4. The van der Waals surface area contributed by atoms with Crippen molar-refractivity contribution in [2.24, 2.45) is 5.73 Å². The summed E-state index contributed by atoms with van der Waals surface area (Å²) in [5.41, 5.74) is 6.71. The van der Waals surface area contributed by atoms with Crippen LogP contribution in [0.25, 0.3) is 0 Å². The Kier molecular flexibility index (Phi) is 4.99. The van der Waals surface area contributed by atoms with E-state index in [-0.39, 0.29) is 18.1 Å². The van der Waals surface area contributed by atoms with E-state index in [4.69, 9.17) is 15.2 Å². The van der Waals surface area contributed by atoms with Crippen LogP contribution < -0.4 is 15.2 Å². The molecule has 0 aliphatic carbocycles. The van der Waals surface area contributed by atoms with Gasteiger partial charge in [0.2, 0.25) is 0 Å². The lowest BCUT2D eigenvalue weighted by atomic mass is 9.74. The van der Waals surface area contributed by atoms with Gasteiger partial charge in [-0.15, -0.1) is 0 Å². The normalized spacial score (nSPS) is 15.9. The fraction of sp³-hybridized carbons (Fsp3) is 0.571. The second-order valence-corrected chi connectivity index (χ2v) is 4.75. The van der Waals surface area contributed by atoms with Crippen molar-refractivity contribution in [2.75, 3.05) is 20.8 Å². The lowest BCUT2D eigenvalue weighted by molar-refractivity contribution is 0.225. The summed E-state index contributed by atoms with van der Waals surface area (Å²) in [6, 6.07) is 5.54. The number of aliphatic hydroxyl groups is 1. The summed E-state index contributed by atoms with van der Waals surface area (Å²) in [6.45, 7) is 4.05. The van der Waals surface area contributed by atoms with Crippen molar-refractivity contribution >= 4 is 0 Å². The van der Waals surface area contributed by atoms with Crippen LogP contribution in [-0.4, -0.2) is 32.0 Å². The molecule has 2 unspecified atom stereocenters. The Morgan fingerprint density at radius 3 is 2.44 bits per heavy atom. The Labute approximate surface area is 109 Å². The molecule has 102 valence electrons. The molecule has 1 rings (SSSR count). The van der Waals surface area contributed by atoms with Gasteiger partial charge >= 0.3 is 0 Å². The molecule has 3 N–H and O–H groups in total. The van der Waals surface area contributed by atoms with Gasteiger partial charge in [0.15, 0.2) is 0 Å². The van der Waals surface area contributed by atoms with Gasteiger partial charge in [-0.1, -0.05) is 6.92 Å². The van der Waals surface area contributed by atoms with Gasteiger partial charge < -0.3 is 20.3 Å². The Morgan fingerprint density at radius 2 is 2.00 bits per heavy atom. The number of methoxy groups -OCH3 is 2. The highest BCUT2D eigenvalue weighted by molar-refractivity contribution is 5.45. The standard InChI is InChI=1S/C14H23NO3/c1-10(15)14(2,7-8-16)12-9-11(17-3)5-6-13(12)18-4/h5-6,9-10,16H,7-8,15H2,1-4H3. The van der Waals surface area contributed by atoms with Crippen LogP contribution in [0.4, 0.5) is 0 Å². The van der Waals surface area contributed by atoms with E-state index in [9.17, 15) is 5.11 Å². The van der Waals surface area contributed by atoms with Gasteiger partial charge in [-0.3, -0.25) is 0 Å². The van der Waals surface area contributed by atoms with Gasteiger partial charge in [-0.25, -0.2) is 0 Å². The fourth-order valence-corrected chi connectivity index (χ4v) is 2.10. The molecule has 0 heterocycles. The van der Waals surface area contributed by atoms with Gasteiger partial charge in [-0.2, -0.15) is 0 Å². The topological polar surface area (TPSA) is 64.7 Å². The van der Waals surface area contributed by atoms with Crippen LogP contribution in [0.15, 0.2) is 18.2 Å². The molecule has 4 heteroatoms. The molecule has 0 aliphatic heterocycles. The first-order valence-electron chi connectivity index (χ1n) is 6.08. The minimum absolute atomic E-state index is 0.0818. The van der Waals surface area contributed by atoms with Gasteiger partial charge in [0.25, 0.3) is 0 Å². The summed E-state index contributed by atoms with van der Waals surface area (Å²) in [7, 11) is 3.26. The zero-order valence-corrected chi connectivity index (χ0v) is 11.6. The molecule has 0 bridgehead atoms. The quantitative estimate of drug-likeness (QED) is 0.809. The lowest BCUT2D eigenvalue weighted by Gasteiger charge is -2.35. The number of benzene rings is 1. The molecule has 1 aromatic carbocycles. The maximum atomic E-state index is 9.27. The van der Waals surface area contributed by atoms with Crippen LogP contribution in [0, 0.1) is 0 Å². The third kappa shape index (κ3) is 2.76. The maximum Gasteiger partial charge on any atom is 0.122 e. The van der Waals surface area contributed by atoms with Crippen molar-refractivity contribution in [3.05, 3.63) is 23.8 Å². The van der Waals surface area contributed by atoms with Gasteiger partial charge in [0.1, 0.15) is 11.5 Å². The Morgan fingerprint density at radius 1 is 1.33 bits per heavy atom. The van der Waals surface area contributed by atoms with Crippen molar-refractivity contribution in [1.29, 1.82) is 0 Å². The molecule has 0 fully saturated rings. The van der Waals surface area contributed by atoms with Crippen LogP contribution in [0.5, 0.6) is 11.5 Å². The minimum atomic E-state index is -0.353. The largest absolute Gasteiger partial charge is 0.497 e. The first-order valence-corrected chi connectivity index (χ1v) is 6.08. The van der Waals surface area contributed by atoms with Gasteiger partial charge in [-0.05, 0) is 31.5 Å². The molecule has 1 aromatic rings. The number of ether oxygens (including phenoxy) is 2. The van der Waals surface area contributed by atoms with Crippen molar-refractivity contribution in [2.45, 2.75) is 31.7 Å². The Balaban J connectivity index is 3.33. The molecule has 4 nitrogen and oxygen atoms in total. The van der Waals surface area contributed by atoms with Gasteiger partial charge in [0, 0.05) is 23.6 Å². The van der Waals surface area contributed by atoms with E-state index < -0.39 is 0 Å².